The zero-order valence-electron chi connectivity index (χ0n) is 8.62. The lowest BCUT2D eigenvalue weighted by molar-refractivity contribution is 0.0475. The van der Waals surface area contributed by atoms with E-state index in [0.717, 1.165) is 0 Å². The highest BCUT2D eigenvalue weighted by atomic mass is 35.5. The minimum absolute atomic E-state index is 0.0883. The zero-order valence-corrected chi connectivity index (χ0v) is 9.37. The Balaban J connectivity index is 3.06. The summed E-state index contributed by atoms with van der Waals surface area (Å²) < 4.78 is 15.2. The van der Waals surface area contributed by atoms with Gasteiger partial charge in [0.1, 0.15) is 0 Å². The van der Waals surface area contributed by atoms with Gasteiger partial charge >= 0.3 is 0 Å². The lowest BCUT2D eigenvalue weighted by Gasteiger charge is -2.13. The minimum Gasteiger partial charge on any atom is -0.493 e. The second kappa shape index (κ2) is 5.80. The lowest BCUT2D eigenvalue weighted by Crippen LogP contribution is -2.03. The first-order chi connectivity index (χ1) is 7.22. The highest BCUT2D eigenvalue weighted by Gasteiger charge is 2.11. The third-order valence-corrected chi connectivity index (χ3v) is 2.03. The molecule has 1 aromatic carbocycles. The fourth-order valence-electron chi connectivity index (χ4n) is 1.17. The van der Waals surface area contributed by atoms with E-state index in [1.807, 2.05) is 0 Å². The van der Waals surface area contributed by atoms with E-state index in [0.29, 0.717) is 22.1 Å². The number of benzene rings is 1. The van der Waals surface area contributed by atoms with E-state index in [2.05, 4.69) is 0 Å². The number of halogens is 1. The largest absolute Gasteiger partial charge is 0.493 e. The molecule has 0 fully saturated rings. The molecule has 84 valence electrons. The van der Waals surface area contributed by atoms with E-state index < -0.39 is 0 Å². The number of aliphatic hydroxyl groups excluding tert-OH is 1. The molecule has 0 aliphatic heterocycles. The van der Waals surface area contributed by atoms with Gasteiger partial charge in [-0.05, 0) is 6.07 Å². The molecular weight excluding hydrogens is 220 g/mol. The highest BCUT2D eigenvalue weighted by Crippen LogP contribution is 2.34. The van der Waals surface area contributed by atoms with Crippen LogP contribution in [0.3, 0.4) is 0 Å². The standard InChI is InChI=1S/C10H13ClO4/c1-13-6-15-10-7(5-12)3-8(11)4-9(10)14-2/h3-4,12H,5-6H2,1-2H3. The molecule has 0 unspecified atom stereocenters. The van der Waals surface area contributed by atoms with Crippen molar-refractivity contribution < 1.29 is 19.3 Å². The predicted molar refractivity (Wildman–Crippen MR) is 56.4 cm³/mol. The van der Waals surface area contributed by atoms with Crippen LogP contribution in [0.2, 0.25) is 5.02 Å². The molecule has 0 bridgehead atoms. The fourth-order valence-corrected chi connectivity index (χ4v) is 1.40. The monoisotopic (exact) mass is 232 g/mol. The molecule has 0 aromatic heterocycles. The second-order valence-corrected chi connectivity index (χ2v) is 3.24. The van der Waals surface area contributed by atoms with Gasteiger partial charge in [-0.3, -0.25) is 0 Å². The van der Waals surface area contributed by atoms with Crippen molar-refractivity contribution in [2.45, 2.75) is 6.61 Å². The highest BCUT2D eigenvalue weighted by molar-refractivity contribution is 6.30. The average molecular weight is 233 g/mol. The number of ether oxygens (including phenoxy) is 3. The Kier molecular flexibility index (Phi) is 4.68. The summed E-state index contributed by atoms with van der Waals surface area (Å²) in [6.07, 6.45) is 0. The maximum Gasteiger partial charge on any atom is 0.188 e. The molecule has 0 amide bonds. The molecule has 1 rings (SSSR count). The Morgan fingerprint density at radius 2 is 2.07 bits per heavy atom. The first kappa shape index (κ1) is 12.1. The number of hydrogen-bond donors (Lipinski definition) is 1. The quantitative estimate of drug-likeness (QED) is 0.787. The topological polar surface area (TPSA) is 47.9 Å². The second-order valence-electron chi connectivity index (χ2n) is 2.81. The maximum absolute atomic E-state index is 9.13. The summed E-state index contributed by atoms with van der Waals surface area (Å²) in [5.41, 5.74) is 0.566. The van der Waals surface area contributed by atoms with Gasteiger partial charge in [-0.15, -0.1) is 0 Å². The Morgan fingerprint density at radius 3 is 2.60 bits per heavy atom. The molecule has 4 nitrogen and oxygen atoms in total. The number of methoxy groups -OCH3 is 2. The minimum atomic E-state index is -0.171. The molecule has 0 aliphatic carbocycles. The van der Waals surface area contributed by atoms with Crippen molar-refractivity contribution >= 4 is 11.6 Å². The normalized spacial score (nSPS) is 10.1. The molecule has 5 heteroatoms. The van der Waals surface area contributed by atoms with Crippen molar-refractivity contribution in [3.8, 4) is 11.5 Å². The van der Waals surface area contributed by atoms with Crippen molar-refractivity contribution in [1.29, 1.82) is 0 Å². The molecule has 0 heterocycles. The summed E-state index contributed by atoms with van der Waals surface area (Å²) in [6.45, 7) is -0.0824. The first-order valence-corrected chi connectivity index (χ1v) is 4.69. The SMILES string of the molecule is COCOc1c(CO)cc(Cl)cc1OC. The van der Waals surface area contributed by atoms with Crippen LogP contribution in [0.1, 0.15) is 5.56 Å². The van der Waals surface area contributed by atoms with Gasteiger partial charge in [-0.1, -0.05) is 11.6 Å². The lowest BCUT2D eigenvalue weighted by atomic mass is 10.2. The van der Waals surface area contributed by atoms with Crippen molar-refractivity contribution in [2.75, 3.05) is 21.0 Å². The van der Waals surface area contributed by atoms with Crippen LogP contribution in [-0.2, 0) is 11.3 Å². The Morgan fingerprint density at radius 1 is 1.33 bits per heavy atom. The van der Waals surface area contributed by atoms with Crippen LogP contribution in [0.25, 0.3) is 0 Å². The van der Waals surface area contributed by atoms with Gasteiger partial charge in [0, 0.05) is 23.8 Å². The molecule has 0 saturated carbocycles. The van der Waals surface area contributed by atoms with Crippen LogP contribution in [0, 0.1) is 0 Å². The van der Waals surface area contributed by atoms with Gasteiger partial charge in [0.25, 0.3) is 0 Å². The molecule has 0 atom stereocenters. The molecule has 15 heavy (non-hydrogen) atoms. The molecule has 0 aliphatic rings. The van der Waals surface area contributed by atoms with E-state index in [1.165, 1.54) is 14.2 Å². The predicted octanol–water partition coefficient (Wildman–Crippen LogP) is 1.82. The third kappa shape index (κ3) is 2.99. The van der Waals surface area contributed by atoms with Crippen molar-refractivity contribution in [1.82, 2.24) is 0 Å². The van der Waals surface area contributed by atoms with Crippen LogP contribution >= 0.6 is 11.6 Å². The van der Waals surface area contributed by atoms with Crippen LogP contribution in [0.4, 0.5) is 0 Å². The summed E-state index contributed by atoms with van der Waals surface area (Å²) in [6, 6.07) is 3.24. The van der Waals surface area contributed by atoms with Gasteiger partial charge in [0.05, 0.1) is 13.7 Å². The molecule has 0 saturated heterocycles. The summed E-state index contributed by atoms with van der Waals surface area (Å²) >= 11 is 5.84. The van der Waals surface area contributed by atoms with Crippen LogP contribution in [-0.4, -0.2) is 26.1 Å². The zero-order chi connectivity index (χ0) is 11.3. The van der Waals surface area contributed by atoms with Gasteiger partial charge in [-0.2, -0.15) is 0 Å². The average Bonchev–Trinajstić information content (AvgIpc) is 2.26. The summed E-state index contributed by atoms with van der Waals surface area (Å²) in [5.74, 6) is 0.926. The van der Waals surface area contributed by atoms with Gasteiger partial charge in [-0.25, -0.2) is 0 Å². The maximum atomic E-state index is 9.13. The van der Waals surface area contributed by atoms with E-state index in [-0.39, 0.29) is 13.4 Å². The van der Waals surface area contributed by atoms with Crippen LogP contribution in [0.15, 0.2) is 12.1 Å². The Hall–Kier alpha value is -0.970. The number of rotatable bonds is 5. The Bertz CT molecular complexity index is 302. The summed E-state index contributed by atoms with van der Waals surface area (Å²) in [4.78, 5) is 0. The van der Waals surface area contributed by atoms with E-state index in [9.17, 15) is 0 Å². The molecule has 0 radical (unpaired) electrons. The van der Waals surface area contributed by atoms with Gasteiger partial charge in [0.2, 0.25) is 0 Å². The summed E-state index contributed by atoms with van der Waals surface area (Å²) in [5, 5.41) is 9.61. The van der Waals surface area contributed by atoms with Crippen LogP contribution < -0.4 is 9.47 Å². The fraction of sp³-hybridized carbons (Fsp3) is 0.400. The number of aliphatic hydroxyl groups is 1. The smallest absolute Gasteiger partial charge is 0.188 e. The first-order valence-electron chi connectivity index (χ1n) is 4.32. The van der Waals surface area contributed by atoms with E-state index in [1.54, 1.807) is 12.1 Å². The van der Waals surface area contributed by atoms with Crippen molar-refractivity contribution in [3.05, 3.63) is 22.7 Å². The Labute approximate surface area is 93.3 Å². The van der Waals surface area contributed by atoms with E-state index in [4.69, 9.17) is 30.9 Å². The van der Waals surface area contributed by atoms with Crippen molar-refractivity contribution in [3.63, 3.8) is 0 Å². The van der Waals surface area contributed by atoms with Gasteiger partial charge in [0.15, 0.2) is 18.3 Å². The molecule has 1 N–H and O–H groups in total. The number of hydrogen-bond acceptors (Lipinski definition) is 4. The molecule has 0 spiro atoms. The third-order valence-electron chi connectivity index (χ3n) is 1.81. The van der Waals surface area contributed by atoms with Gasteiger partial charge < -0.3 is 19.3 Å². The summed E-state index contributed by atoms with van der Waals surface area (Å²) in [7, 11) is 3.02. The van der Waals surface area contributed by atoms with E-state index >= 15 is 0 Å². The molecule has 1 aromatic rings. The van der Waals surface area contributed by atoms with Crippen molar-refractivity contribution in [2.24, 2.45) is 0 Å². The van der Waals surface area contributed by atoms with Crippen LogP contribution in [0.5, 0.6) is 11.5 Å². The molecular formula is C10H13ClO4.